The molecular formula is C10H18O5S. The van der Waals surface area contributed by atoms with Crippen molar-refractivity contribution in [2.24, 2.45) is 0 Å². The van der Waals surface area contributed by atoms with Crippen molar-refractivity contribution in [3.63, 3.8) is 0 Å². The van der Waals surface area contributed by atoms with Crippen LogP contribution in [0.25, 0.3) is 0 Å². The molecule has 5 N–H and O–H groups in total. The van der Waals surface area contributed by atoms with Crippen molar-refractivity contribution in [1.29, 1.82) is 0 Å². The zero-order valence-corrected chi connectivity index (χ0v) is 9.84. The van der Waals surface area contributed by atoms with Crippen molar-refractivity contribution in [2.45, 2.75) is 37.3 Å². The Labute approximate surface area is 99.7 Å². The molecular weight excluding hydrogens is 232 g/mol. The molecule has 0 spiro atoms. The summed E-state index contributed by atoms with van der Waals surface area (Å²) in [6.45, 7) is 1.07. The van der Waals surface area contributed by atoms with E-state index in [0.717, 1.165) is 5.37 Å². The van der Waals surface area contributed by atoms with Gasteiger partial charge in [-0.15, -0.1) is 0 Å². The molecule has 0 aliphatic carbocycles. The predicted molar refractivity (Wildman–Crippen MR) is 63.1 cm³/mol. The Kier molecular flexibility index (Phi) is 6.89. The Morgan fingerprint density at radius 2 is 1.88 bits per heavy atom. The highest BCUT2D eigenvalue weighted by molar-refractivity contribution is 7.79. The zero-order chi connectivity index (χ0) is 12.8. The van der Waals surface area contributed by atoms with Crippen molar-refractivity contribution >= 4 is 17.6 Å². The molecule has 6 heteroatoms. The SMILES string of the molecule is CCC=C[C@](O)([C@H](O)[C@H](O)CO)[C@@H](O)C=S. The topological polar surface area (TPSA) is 101 Å². The third kappa shape index (κ3) is 3.58. The van der Waals surface area contributed by atoms with Crippen molar-refractivity contribution in [1.82, 2.24) is 0 Å². The van der Waals surface area contributed by atoms with Gasteiger partial charge in [-0.3, -0.25) is 0 Å². The van der Waals surface area contributed by atoms with Crippen LogP contribution >= 0.6 is 12.2 Å². The molecule has 0 aliphatic rings. The van der Waals surface area contributed by atoms with Crippen LogP contribution in [0.3, 0.4) is 0 Å². The van der Waals surface area contributed by atoms with Crippen molar-refractivity contribution < 1.29 is 25.5 Å². The van der Waals surface area contributed by atoms with E-state index in [9.17, 15) is 20.4 Å². The van der Waals surface area contributed by atoms with Gasteiger partial charge in [0.1, 0.15) is 23.9 Å². The number of rotatable bonds is 7. The molecule has 4 atom stereocenters. The molecule has 0 fully saturated rings. The first-order valence-corrected chi connectivity index (χ1v) is 5.41. The Hall–Kier alpha value is -0.370. The van der Waals surface area contributed by atoms with Gasteiger partial charge in [0.2, 0.25) is 0 Å². The van der Waals surface area contributed by atoms with Gasteiger partial charge in [-0.1, -0.05) is 31.3 Å². The van der Waals surface area contributed by atoms with Gasteiger partial charge >= 0.3 is 0 Å². The lowest BCUT2D eigenvalue weighted by atomic mass is 9.87. The maximum absolute atomic E-state index is 10.0. The van der Waals surface area contributed by atoms with Crippen LogP contribution in [0.2, 0.25) is 0 Å². The van der Waals surface area contributed by atoms with Crippen LogP contribution in [0, 0.1) is 0 Å². The van der Waals surface area contributed by atoms with E-state index in [2.05, 4.69) is 12.2 Å². The summed E-state index contributed by atoms with van der Waals surface area (Å²) >= 11 is 4.49. The fraction of sp³-hybridized carbons (Fsp3) is 0.700. The second-order valence-electron chi connectivity index (χ2n) is 3.47. The van der Waals surface area contributed by atoms with E-state index < -0.39 is 30.5 Å². The summed E-state index contributed by atoms with van der Waals surface area (Å²) in [5.41, 5.74) is -2.10. The lowest BCUT2D eigenvalue weighted by Gasteiger charge is -2.34. The molecule has 0 amide bonds. The maximum atomic E-state index is 10.0. The molecule has 0 saturated carbocycles. The van der Waals surface area contributed by atoms with Gasteiger partial charge in [-0.25, -0.2) is 0 Å². The van der Waals surface area contributed by atoms with E-state index in [-0.39, 0.29) is 0 Å². The minimum atomic E-state index is -2.10. The third-order valence-electron chi connectivity index (χ3n) is 2.25. The standard InChI is InChI=1S/C10H18O5S/c1-2-3-4-10(15,8(13)6-16)9(14)7(12)5-11/h3-4,6-9,11-15H,2,5H2,1H3/t7-,8+,9-,10-/m1/s1. The highest BCUT2D eigenvalue weighted by atomic mass is 32.1. The fourth-order valence-corrected chi connectivity index (χ4v) is 1.41. The van der Waals surface area contributed by atoms with Crippen LogP contribution in [-0.4, -0.2) is 61.4 Å². The predicted octanol–water partition coefficient (Wildman–Crippen LogP) is -1.24. The molecule has 0 radical (unpaired) electrons. The second-order valence-corrected chi connectivity index (χ2v) is 3.75. The molecule has 0 aromatic heterocycles. The van der Waals surface area contributed by atoms with Gasteiger partial charge in [0.15, 0.2) is 0 Å². The van der Waals surface area contributed by atoms with Gasteiger partial charge in [0.25, 0.3) is 0 Å². The maximum Gasteiger partial charge on any atom is 0.141 e. The molecule has 0 heterocycles. The first kappa shape index (κ1) is 15.6. The van der Waals surface area contributed by atoms with Crippen LogP contribution in [0.5, 0.6) is 0 Å². The molecule has 0 rings (SSSR count). The molecule has 0 aromatic carbocycles. The summed E-state index contributed by atoms with van der Waals surface area (Å²) in [5, 5.41) is 48.0. The number of thiocarbonyl (C=S) groups is 1. The Morgan fingerprint density at radius 3 is 2.25 bits per heavy atom. The van der Waals surface area contributed by atoms with Gasteiger partial charge in [-0.2, -0.15) is 0 Å². The molecule has 0 aliphatic heterocycles. The summed E-state index contributed by atoms with van der Waals surface area (Å²) in [7, 11) is 0. The van der Waals surface area contributed by atoms with Crippen LogP contribution < -0.4 is 0 Å². The van der Waals surface area contributed by atoms with E-state index >= 15 is 0 Å². The lowest BCUT2D eigenvalue weighted by Crippen LogP contribution is -2.56. The Morgan fingerprint density at radius 1 is 1.31 bits per heavy atom. The van der Waals surface area contributed by atoms with Crippen LogP contribution in [0.15, 0.2) is 12.2 Å². The molecule has 0 saturated heterocycles. The highest BCUT2D eigenvalue weighted by Crippen LogP contribution is 2.20. The van der Waals surface area contributed by atoms with Gasteiger partial charge in [-0.05, 0) is 6.42 Å². The Bertz CT molecular complexity index is 245. The number of hydrogen-bond acceptors (Lipinski definition) is 6. The van der Waals surface area contributed by atoms with E-state index in [4.69, 9.17) is 5.11 Å². The average Bonchev–Trinajstić information content (AvgIpc) is 2.32. The summed E-state index contributed by atoms with van der Waals surface area (Å²) < 4.78 is 0. The molecule has 16 heavy (non-hydrogen) atoms. The highest BCUT2D eigenvalue weighted by Gasteiger charge is 2.42. The van der Waals surface area contributed by atoms with E-state index in [0.29, 0.717) is 6.42 Å². The zero-order valence-electron chi connectivity index (χ0n) is 9.02. The molecule has 0 bridgehead atoms. The molecule has 0 unspecified atom stereocenters. The number of aliphatic hydroxyl groups is 5. The van der Waals surface area contributed by atoms with Crippen LogP contribution in [0.1, 0.15) is 13.3 Å². The van der Waals surface area contributed by atoms with Gasteiger partial charge < -0.3 is 25.5 Å². The third-order valence-corrected chi connectivity index (χ3v) is 2.51. The van der Waals surface area contributed by atoms with Crippen molar-refractivity contribution in [3.8, 4) is 0 Å². The monoisotopic (exact) mass is 250 g/mol. The average molecular weight is 250 g/mol. The first-order chi connectivity index (χ1) is 7.43. The summed E-state index contributed by atoms with van der Waals surface area (Å²) in [4.78, 5) is 0. The largest absolute Gasteiger partial charge is 0.394 e. The minimum absolute atomic E-state index is 0.578. The lowest BCUT2D eigenvalue weighted by molar-refractivity contribution is -0.140. The molecule has 0 aromatic rings. The van der Waals surface area contributed by atoms with Gasteiger partial charge in [0.05, 0.1) is 6.61 Å². The minimum Gasteiger partial charge on any atom is -0.394 e. The van der Waals surface area contributed by atoms with E-state index in [1.807, 2.05) is 0 Å². The van der Waals surface area contributed by atoms with E-state index in [1.165, 1.54) is 12.2 Å². The normalized spacial score (nSPS) is 21.4. The van der Waals surface area contributed by atoms with Crippen molar-refractivity contribution in [3.05, 3.63) is 12.2 Å². The molecule has 5 nitrogen and oxygen atoms in total. The summed E-state index contributed by atoms with van der Waals surface area (Å²) in [6.07, 6.45) is -1.53. The summed E-state index contributed by atoms with van der Waals surface area (Å²) in [5.74, 6) is 0. The quantitative estimate of drug-likeness (QED) is 0.286. The fourth-order valence-electron chi connectivity index (χ4n) is 1.20. The number of aliphatic hydroxyl groups excluding tert-OH is 4. The second kappa shape index (κ2) is 7.05. The van der Waals surface area contributed by atoms with Crippen molar-refractivity contribution in [2.75, 3.05) is 6.61 Å². The van der Waals surface area contributed by atoms with Gasteiger partial charge in [0, 0.05) is 5.37 Å². The number of hydrogen-bond donors (Lipinski definition) is 5. The number of allylic oxidation sites excluding steroid dienone is 1. The van der Waals surface area contributed by atoms with E-state index in [1.54, 1.807) is 6.92 Å². The summed E-state index contributed by atoms with van der Waals surface area (Å²) in [6, 6.07) is 0. The van der Waals surface area contributed by atoms with Crippen LogP contribution in [-0.2, 0) is 0 Å². The van der Waals surface area contributed by atoms with Crippen LogP contribution in [0.4, 0.5) is 0 Å². The Balaban J connectivity index is 5.05. The smallest absolute Gasteiger partial charge is 0.141 e. The first-order valence-electron chi connectivity index (χ1n) is 4.94. The molecule has 94 valence electrons.